The Bertz CT molecular complexity index is 3820. The highest BCUT2D eigenvalue weighted by atomic mass is 16.7. The van der Waals surface area contributed by atoms with Gasteiger partial charge in [-0.1, -0.05) is 36.4 Å². The van der Waals surface area contributed by atoms with Gasteiger partial charge in [-0.25, -0.2) is 24.2 Å². The van der Waals surface area contributed by atoms with Gasteiger partial charge in [-0.2, -0.15) is 0 Å². The van der Waals surface area contributed by atoms with Crippen molar-refractivity contribution in [3.63, 3.8) is 0 Å². The molecule has 0 aliphatic carbocycles. The van der Waals surface area contributed by atoms with Crippen LogP contribution >= 0.6 is 0 Å². The SMILES string of the molecule is C=C1C[C@H]2C(O)N(C(=O)OCc3ccc(O[C@@H]4O[C@H](C(=O)O)[C@@H](O)[C@H](O)[C@H]4O)c(C(=O)NCC)c3)c3cc(OCCCCCOc4cc5c(cc4OC)C(=O)N4CC(=C)C[C@H]4C(O)N5C(=O)OCc4ccc(O[C@@H]5O[C@H](CO)[C@H](O)[C@H](O)[C@H]5O)c(C(=O)NCCOC)c4)c(OC)cc3C(=O)N2C1. The maximum absolute atomic E-state index is 14.5. The van der Waals surface area contributed by atoms with Gasteiger partial charge in [0, 0.05) is 45.4 Å². The third-order valence-electron chi connectivity index (χ3n) is 17.9. The topological polar surface area (TPSA) is 460 Å². The number of hydrogen-bond acceptors (Lipinski definition) is 27. The van der Waals surface area contributed by atoms with E-state index in [1.165, 1.54) is 91.8 Å². The third kappa shape index (κ3) is 15.8. The fraction of sp³-hybridized carbons (Fsp3) is 0.485. The van der Waals surface area contributed by atoms with Crippen LogP contribution in [0.3, 0.4) is 0 Å². The van der Waals surface area contributed by atoms with Crippen LogP contribution in [0.15, 0.2) is 85.0 Å². The van der Waals surface area contributed by atoms with Gasteiger partial charge < -0.3 is 124 Å². The summed E-state index contributed by atoms with van der Waals surface area (Å²) in [4.78, 5) is 101. The summed E-state index contributed by atoms with van der Waals surface area (Å²) in [5, 5.41) is 111. The summed E-state index contributed by atoms with van der Waals surface area (Å²) < 4.78 is 62.9. The highest BCUT2D eigenvalue weighted by Gasteiger charge is 2.51. The van der Waals surface area contributed by atoms with Crippen molar-refractivity contribution in [3.8, 4) is 34.5 Å². The van der Waals surface area contributed by atoms with E-state index in [9.17, 15) is 84.6 Å². The van der Waals surface area contributed by atoms with Crippen LogP contribution in [0.4, 0.5) is 21.0 Å². The maximum atomic E-state index is 14.5. The summed E-state index contributed by atoms with van der Waals surface area (Å²) in [5.74, 6) is -4.23. The molecule has 0 spiro atoms. The van der Waals surface area contributed by atoms with Crippen molar-refractivity contribution in [1.29, 1.82) is 0 Å². The number of unbranched alkanes of at least 4 members (excludes halogenated alkanes) is 2. The van der Waals surface area contributed by atoms with Crippen LogP contribution in [0.2, 0.25) is 0 Å². The normalized spacial score (nSPS) is 26.0. The quantitative estimate of drug-likeness (QED) is 0.0299. The second-order valence-electron chi connectivity index (χ2n) is 24.8. The van der Waals surface area contributed by atoms with E-state index < -0.39 is 148 Å². The van der Waals surface area contributed by atoms with Crippen LogP contribution in [-0.2, 0) is 41.7 Å². The van der Waals surface area contributed by atoms with Crippen molar-refractivity contribution in [1.82, 2.24) is 20.4 Å². The van der Waals surface area contributed by atoms with Gasteiger partial charge in [0.05, 0.1) is 86.4 Å². The Kier molecular flexibility index (Phi) is 24.1. The minimum atomic E-state index is -2.01. The molecule has 6 aliphatic heterocycles. The van der Waals surface area contributed by atoms with Crippen LogP contribution < -0.4 is 48.9 Å². The predicted molar refractivity (Wildman–Crippen MR) is 350 cm³/mol. The summed E-state index contributed by atoms with van der Waals surface area (Å²) in [6.07, 6.45) is -22.2. The van der Waals surface area contributed by atoms with Crippen LogP contribution in [0, 0.1) is 0 Å². The molecule has 10 rings (SSSR count). The summed E-state index contributed by atoms with van der Waals surface area (Å²) in [7, 11) is 4.13. The number of fused-ring (bicyclic) bond motifs is 4. The molecule has 4 fully saturated rings. The first-order valence-corrected chi connectivity index (χ1v) is 32.6. The Labute approximate surface area is 583 Å². The molecule has 2 unspecified atom stereocenters. The lowest BCUT2D eigenvalue weighted by atomic mass is 9.99. The molecule has 0 aromatic heterocycles. The number of carbonyl (C=O) groups is 7. The van der Waals surface area contributed by atoms with Crippen LogP contribution in [0.5, 0.6) is 34.5 Å². The monoisotopic (exact) mass is 1430 g/mol. The van der Waals surface area contributed by atoms with Crippen LogP contribution in [0.1, 0.15) is 91.6 Å². The number of amides is 6. The fourth-order valence-electron chi connectivity index (χ4n) is 12.6. The van der Waals surface area contributed by atoms with E-state index in [0.29, 0.717) is 30.4 Å². The molecule has 0 saturated carbocycles. The number of anilines is 2. The number of ether oxygens (including phenoxy) is 11. The van der Waals surface area contributed by atoms with Crippen molar-refractivity contribution in [2.24, 2.45) is 0 Å². The highest BCUT2D eigenvalue weighted by Crippen LogP contribution is 2.45. The molecule has 102 heavy (non-hydrogen) atoms. The average Bonchev–Trinajstić information content (AvgIpc) is 1.59. The molecular formula is C68H82N6O28. The first kappa shape index (κ1) is 75.2. The molecule has 6 heterocycles. The predicted octanol–water partition coefficient (Wildman–Crippen LogP) is 0.399. The van der Waals surface area contributed by atoms with Gasteiger partial charge in [0.2, 0.25) is 12.6 Å². The smallest absolute Gasteiger partial charge is 0.416 e. The molecule has 0 radical (unpaired) electrons. The molecular weight excluding hydrogens is 1350 g/mol. The van der Waals surface area contributed by atoms with Gasteiger partial charge in [-0.15, -0.1) is 0 Å². The van der Waals surface area contributed by atoms with Gasteiger partial charge in [-0.3, -0.25) is 19.2 Å². The minimum absolute atomic E-state index is 0.0408. The number of nitrogens with zero attached hydrogens (tertiary/aromatic N) is 4. The van der Waals surface area contributed by atoms with Crippen molar-refractivity contribution >= 4 is 53.2 Å². The number of aliphatic carboxylic acids is 1. The number of aliphatic hydroxyl groups is 9. The molecule has 34 heteroatoms. The number of carboxylic acids is 1. The number of methoxy groups -OCH3 is 3. The number of rotatable bonds is 26. The molecule has 6 amide bonds. The molecule has 34 nitrogen and oxygen atoms in total. The summed E-state index contributed by atoms with van der Waals surface area (Å²) >= 11 is 0. The van der Waals surface area contributed by atoms with Gasteiger partial charge in [0.25, 0.3) is 23.6 Å². The number of aliphatic hydroxyl groups excluding tert-OH is 9. The molecule has 552 valence electrons. The fourth-order valence-corrected chi connectivity index (χ4v) is 12.6. The zero-order chi connectivity index (χ0) is 73.5. The standard InChI is InChI=1S/C68H82N6O28/c1-7-69-58(82)38-21-34(11-13-44(38)100-66-56(81)53(78)54(79)57(102-66)64(88)89)30-97-67(90)73-40-25-48(46(93-5)23-36(40)60(84)71-27-32(2)19-42(71)62(73)86)95-16-9-8-10-17-96-49-26-41-37(24-47(49)94-6)61(85)72-28-33(3)20-43(72)63(87)74(41)68(91)98-31-35-12-14-45(39(22-35)59(83)70-15-18-92-4)99-65-55(80)52(77)51(76)50(29-75)101-65/h11-14,21-26,42-43,50-57,62-63,65-66,75-81,86-87H,2-3,7-10,15-20,27-31H2,1,4-6H3,(H,69,82)(H,70,83)(H,88,89)/t42-,43-,50+,51-,52-,53-,54-,55+,56+,57-,62?,63?,65+,66+/m0/s1. The Morgan fingerprint density at radius 2 is 1.02 bits per heavy atom. The number of carbonyl (C=O) groups excluding carboxylic acids is 6. The second kappa shape index (κ2) is 32.7. The van der Waals surface area contributed by atoms with E-state index in [1.807, 2.05) is 0 Å². The molecule has 4 aromatic rings. The molecule has 4 aromatic carbocycles. The molecule has 0 bridgehead atoms. The van der Waals surface area contributed by atoms with Gasteiger partial charge in [0.1, 0.15) is 67.4 Å². The maximum Gasteiger partial charge on any atom is 0.416 e. The first-order chi connectivity index (χ1) is 48.8. The number of nitrogens with one attached hydrogen (secondary N) is 2. The zero-order valence-electron chi connectivity index (χ0n) is 56.0. The Morgan fingerprint density at radius 1 is 0.559 bits per heavy atom. The Hall–Kier alpha value is -9.43. The Balaban J connectivity index is 0.819. The van der Waals surface area contributed by atoms with Crippen molar-refractivity contribution in [2.45, 2.75) is 138 Å². The largest absolute Gasteiger partial charge is 0.493 e. The highest BCUT2D eigenvalue weighted by molar-refractivity contribution is 6.07. The van der Waals surface area contributed by atoms with Crippen molar-refractivity contribution in [3.05, 3.63) is 118 Å². The average molecular weight is 1430 g/mol. The zero-order valence-corrected chi connectivity index (χ0v) is 56.0. The summed E-state index contributed by atoms with van der Waals surface area (Å²) in [6, 6.07) is 11.5. The lowest BCUT2D eigenvalue weighted by Crippen LogP contribution is -2.61. The molecule has 14 atom stereocenters. The van der Waals surface area contributed by atoms with Crippen molar-refractivity contribution in [2.75, 3.05) is 83.7 Å². The van der Waals surface area contributed by atoms with E-state index >= 15 is 0 Å². The number of carboxylic acid groups (broad SMARTS) is 1. The van der Waals surface area contributed by atoms with E-state index in [1.54, 1.807) is 6.92 Å². The Morgan fingerprint density at radius 3 is 1.46 bits per heavy atom. The van der Waals surface area contributed by atoms with Crippen LogP contribution in [-0.4, -0.2) is 263 Å². The van der Waals surface area contributed by atoms with E-state index in [4.69, 9.17) is 52.1 Å². The molecule has 12 N–H and O–H groups in total. The third-order valence-corrected chi connectivity index (χ3v) is 17.9. The first-order valence-electron chi connectivity index (χ1n) is 32.6. The van der Waals surface area contributed by atoms with E-state index in [2.05, 4.69) is 23.8 Å². The summed E-state index contributed by atoms with van der Waals surface area (Å²) in [5.41, 5.74) is 1.01. The lowest BCUT2D eigenvalue weighted by molar-refractivity contribution is -0.277. The van der Waals surface area contributed by atoms with Gasteiger partial charge in [-0.05, 0) is 86.6 Å². The second-order valence-corrected chi connectivity index (χ2v) is 24.8. The number of hydrogen-bond donors (Lipinski definition) is 12. The summed E-state index contributed by atoms with van der Waals surface area (Å²) in [6.45, 7) is 8.42. The van der Waals surface area contributed by atoms with Crippen LogP contribution in [0.25, 0.3) is 0 Å². The van der Waals surface area contributed by atoms with Gasteiger partial charge >= 0.3 is 18.2 Å². The van der Waals surface area contributed by atoms with E-state index in [-0.39, 0.29) is 138 Å². The van der Waals surface area contributed by atoms with Gasteiger partial charge in [0.15, 0.2) is 41.6 Å². The number of benzene rings is 4. The lowest BCUT2D eigenvalue weighted by Gasteiger charge is -2.39. The van der Waals surface area contributed by atoms with Crippen molar-refractivity contribution < 1.29 is 137 Å². The van der Waals surface area contributed by atoms with E-state index in [0.717, 1.165) is 9.80 Å². The molecule has 4 saturated heterocycles. The minimum Gasteiger partial charge on any atom is -0.493 e. The molecule has 6 aliphatic rings.